The highest BCUT2D eigenvalue weighted by Gasteiger charge is 2.45. The molecule has 100 valence electrons. The Kier molecular flexibility index (Phi) is 3.58. The van der Waals surface area contributed by atoms with Crippen LogP contribution in [0.2, 0.25) is 0 Å². The summed E-state index contributed by atoms with van der Waals surface area (Å²) in [5, 5.41) is 22.0. The number of aliphatic carboxylic acids is 1. The number of nitrogens with zero attached hydrogens (tertiary/aromatic N) is 3. The Bertz CT molecular complexity index is 482. The molecule has 0 bridgehead atoms. The predicted molar refractivity (Wildman–Crippen MR) is 51.0 cm³/mol. The molecular formula is C8H8F3N3O4. The number of carboxylic acids is 1. The molecule has 0 saturated heterocycles. The van der Waals surface area contributed by atoms with Crippen LogP contribution in [-0.4, -0.2) is 32.0 Å². The maximum absolute atomic E-state index is 12.6. The van der Waals surface area contributed by atoms with E-state index in [9.17, 15) is 28.1 Å². The van der Waals surface area contributed by atoms with Gasteiger partial charge in [-0.25, -0.2) is 0 Å². The minimum Gasteiger partial charge on any atom is -0.481 e. The fraction of sp³-hybridized carbons (Fsp3) is 0.500. The molecule has 1 aromatic heterocycles. The summed E-state index contributed by atoms with van der Waals surface area (Å²) in [7, 11) is 0. The van der Waals surface area contributed by atoms with Crippen molar-refractivity contribution >= 4 is 11.8 Å². The van der Waals surface area contributed by atoms with E-state index in [-0.39, 0.29) is 10.2 Å². The van der Waals surface area contributed by atoms with Gasteiger partial charge in [0.1, 0.15) is 0 Å². The molecule has 0 aliphatic rings. The zero-order valence-electron chi connectivity index (χ0n) is 9.01. The third-order valence-corrected chi connectivity index (χ3v) is 2.13. The average molecular weight is 267 g/mol. The van der Waals surface area contributed by atoms with E-state index in [1.165, 1.54) is 6.92 Å². The monoisotopic (exact) mass is 267 g/mol. The number of carboxylic acid groups (broad SMARTS) is 1. The maximum atomic E-state index is 12.6. The second-order valence-corrected chi connectivity index (χ2v) is 3.53. The van der Waals surface area contributed by atoms with Crippen molar-refractivity contribution in [3.63, 3.8) is 0 Å². The molecule has 0 aliphatic heterocycles. The number of carbonyl (C=O) groups is 1. The van der Waals surface area contributed by atoms with Crippen LogP contribution in [0.15, 0.2) is 6.20 Å². The SMILES string of the molecule is Cc1cn(C(CC(=O)O)C(F)(F)F)nc1[N+](=O)[O-]. The molecule has 1 heterocycles. The van der Waals surface area contributed by atoms with Crippen LogP contribution in [0.3, 0.4) is 0 Å². The van der Waals surface area contributed by atoms with Gasteiger partial charge in [-0.2, -0.15) is 17.9 Å². The fourth-order valence-electron chi connectivity index (χ4n) is 1.34. The average Bonchev–Trinajstić information content (AvgIpc) is 2.54. The number of hydrogen-bond donors (Lipinski definition) is 1. The number of rotatable bonds is 4. The summed E-state index contributed by atoms with van der Waals surface area (Å²) in [5.74, 6) is -2.40. The summed E-state index contributed by atoms with van der Waals surface area (Å²) >= 11 is 0. The van der Waals surface area contributed by atoms with E-state index in [1.54, 1.807) is 0 Å². The summed E-state index contributed by atoms with van der Waals surface area (Å²) in [4.78, 5) is 19.9. The van der Waals surface area contributed by atoms with Gasteiger partial charge < -0.3 is 15.2 Å². The van der Waals surface area contributed by atoms with Crippen molar-refractivity contribution in [2.24, 2.45) is 0 Å². The van der Waals surface area contributed by atoms with Crippen molar-refractivity contribution in [3.8, 4) is 0 Å². The molecule has 18 heavy (non-hydrogen) atoms. The van der Waals surface area contributed by atoms with Crippen LogP contribution in [0.5, 0.6) is 0 Å². The van der Waals surface area contributed by atoms with Gasteiger partial charge in [-0.15, -0.1) is 0 Å². The molecule has 0 aromatic carbocycles. The number of halogens is 3. The highest BCUT2D eigenvalue weighted by Crippen LogP contribution is 2.34. The molecule has 7 nitrogen and oxygen atoms in total. The van der Waals surface area contributed by atoms with Crippen LogP contribution >= 0.6 is 0 Å². The normalized spacial score (nSPS) is 13.3. The highest BCUT2D eigenvalue weighted by atomic mass is 19.4. The molecule has 10 heteroatoms. The lowest BCUT2D eigenvalue weighted by Crippen LogP contribution is -2.29. The van der Waals surface area contributed by atoms with E-state index in [1.807, 2.05) is 0 Å². The molecule has 0 fully saturated rings. The molecule has 1 unspecified atom stereocenters. The zero-order valence-corrected chi connectivity index (χ0v) is 9.01. The Morgan fingerprint density at radius 1 is 1.67 bits per heavy atom. The van der Waals surface area contributed by atoms with Gasteiger partial charge in [0.05, 0.1) is 23.3 Å². The lowest BCUT2D eigenvalue weighted by atomic mass is 10.2. The first kappa shape index (κ1) is 13.9. The van der Waals surface area contributed by atoms with Gasteiger partial charge in [0.15, 0.2) is 6.04 Å². The van der Waals surface area contributed by atoms with Crippen LogP contribution in [0, 0.1) is 17.0 Å². The lowest BCUT2D eigenvalue weighted by molar-refractivity contribution is -0.390. The summed E-state index contributed by atoms with van der Waals surface area (Å²) in [6.45, 7) is 1.22. The van der Waals surface area contributed by atoms with Crippen molar-refractivity contribution in [2.45, 2.75) is 25.6 Å². The van der Waals surface area contributed by atoms with Crippen LogP contribution in [0.25, 0.3) is 0 Å². The second kappa shape index (κ2) is 4.63. The van der Waals surface area contributed by atoms with Crippen molar-refractivity contribution < 1.29 is 28.0 Å². The van der Waals surface area contributed by atoms with Gasteiger partial charge in [-0.1, -0.05) is 0 Å². The van der Waals surface area contributed by atoms with Gasteiger partial charge in [-0.05, 0) is 11.8 Å². The van der Waals surface area contributed by atoms with Gasteiger partial charge in [0, 0.05) is 0 Å². The highest BCUT2D eigenvalue weighted by molar-refractivity contribution is 5.67. The van der Waals surface area contributed by atoms with Gasteiger partial charge in [0.2, 0.25) is 0 Å². The smallest absolute Gasteiger partial charge is 0.413 e. The third-order valence-electron chi connectivity index (χ3n) is 2.13. The van der Waals surface area contributed by atoms with E-state index >= 15 is 0 Å². The number of aryl methyl sites for hydroxylation is 1. The molecule has 0 amide bonds. The molecule has 0 radical (unpaired) electrons. The maximum Gasteiger partial charge on any atom is 0.413 e. The number of hydrogen-bond acceptors (Lipinski definition) is 4. The first-order valence-corrected chi connectivity index (χ1v) is 4.61. The molecular weight excluding hydrogens is 259 g/mol. The Morgan fingerprint density at radius 2 is 2.22 bits per heavy atom. The largest absolute Gasteiger partial charge is 0.481 e. The van der Waals surface area contributed by atoms with Crippen molar-refractivity contribution in [2.75, 3.05) is 0 Å². The van der Waals surface area contributed by atoms with Crippen molar-refractivity contribution in [3.05, 3.63) is 21.9 Å². The van der Waals surface area contributed by atoms with Gasteiger partial charge in [-0.3, -0.25) is 4.79 Å². The van der Waals surface area contributed by atoms with Gasteiger partial charge >= 0.3 is 18.0 Å². The Labute approximate surface area is 98.0 Å². The Balaban J connectivity index is 3.18. The Morgan fingerprint density at radius 3 is 2.56 bits per heavy atom. The van der Waals surface area contributed by atoms with Crippen LogP contribution in [0.1, 0.15) is 18.0 Å². The molecule has 0 saturated carbocycles. The molecule has 1 atom stereocenters. The molecule has 1 N–H and O–H groups in total. The van der Waals surface area contributed by atoms with E-state index in [4.69, 9.17) is 5.11 Å². The molecule has 0 aliphatic carbocycles. The van der Waals surface area contributed by atoms with E-state index in [2.05, 4.69) is 5.10 Å². The van der Waals surface area contributed by atoms with Crippen LogP contribution in [-0.2, 0) is 4.79 Å². The summed E-state index contributed by atoms with van der Waals surface area (Å²) in [5.41, 5.74) is -0.0698. The first-order chi connectivity index (χ1) is 8.12. The van der Waals surface area contributed by atoms with Crippen LogP contribution in [0.4, 0.5) is 19.0 Å². The summed E-state index contributed by atoms with van der Waals surface area (Å²) in [6.07, 6.45) is -5.30. The van der Waals surface area contributed by atoms with Crippen molar-refractivity contribution in [1.82, 2.24) is 9.78 Å². The van der Waals surface area contributed by atoms with Crippen LogP contribution < -0.4 is 0 Å². The fourth-order valence-corrected chi connectivity index (χ4v) is 1.34. The lowest BCUT2D eigenvalue weighted by Gasteiger charge is -2.15. The Hall–Kier alpha value is -2.13. The molecule has 1 aromatic rings. The summed E-state index contributed by atoms with van der Waals surface area (Å²) in [6, 6.07) is -2.43. The minimum absolute atomic E-state index is 0.0698. The third kappa shape index (κ3) is 2.96. The van der Waals surface area contributed by atoms with E-state index in [0.29, 0.717) is 0 Å². The molecule has 0 spiro atoms. The van der Waals surface area contributed by atoms with Gasteiger partial charge in [0.25, 0.3) is 0 Å². The number of alkyl halides is 3. The first-order valence-electron chi connectivity index (χ1n) is 4.61. The summed E-state index contributed by atoms with van der Waals surface area (Å²) < 4.78 is 38.1. The van der Waals surface area contributed by atoms with E-state index < -0.39 is 35.3 Å². The minimum atomic E-state index is -4.86. The van der Waals surface area contributed by atoms with E-state index in [0.717, 1.165) is 6.20 Å². The zero-order chi connectivity index (χ0) is 14.1. The topological polar surface area (TPSA) is 98.3 Å². The number of nitro groups is 1. The second-order valence-electron chi connectivity index (χ2n) is 3.53. The molecule has 1 rings (SSSR count). The predicted octanol–water partition coefficient (Wildman–Crippen LogP) is 1.68. The quantitative estimate of drug-likeness (QED) is 0.661. The number of aromatic nitrogens is 2. The van der Waals surface area contributed by atoms with Crippen molar-refractivity contribution in [1.29, 1.82) is 0 Å². The standard InChI is InChI=1S/C8H8F3N3O4/c1-4-3-13(12-7(4)14(17)18)5(2-6(15)16)8(9,10)11/h3,5H,2H2,1H3,(H,15,16).